The molecule has 38 heavy (non-hydrogen) atoms. The number of hydrogen-bond acceptors (Lipinski definition) is 9. The topological polar surface area (TPSA) is 121 Å². The minimum Gasteiger partial charge on any atom is -0.481 e. The number of Topliss-reactive ketones (excluding diaryl/α,β-unsaturated/α-hetero) is 1. The van der Waals surface area contributed by atoms with Crippen molar-refractivity contribution in [3.63, 3.8) is 0 Å². The van der Waals surface area contributed by atoms with Crippen LogP contribution in [0.4, 0.5) is 16.6 Å². The highest BCUT2D eigenvalue weighted by atomic mass is 79.9. The summed E-state index contributed by atoms with van der Waals surface area (Å²) in [6, 6.07) is 14.9. The predicted molar refractivity (Wildman–Crippen MR) is 158 cm³/mol. The van der Waals surface area contributed by atoms with E-state index in [1.807, 2.05) is 35.7 Å². The molecule has 1 saturated heterocycles. The monoisotopic (exact) mass is 660 g/mol. The molecule has 4 aromatic rings. The molecule has 0 radical (unpaired) electrons. The van der Waals surface area contributed by atoms with Crippen LogP contribution in [0.1, 0.15) is 23.3 Å². The summed E-state index contributed by atoms with van der Waals surface area (Å²) in [5, 5.41) is 15.5. The molecule has 0 bridgehead atoms. The van der Waals surface area contributed by atoms with Crippen LogP contribution in [0.3, 0.4) is 0 Å². The molecule has 1 aliphatic rings. The first-order chi connectivity index (χ1) is 18.0. The summed E-state index contributed by atoms with van der Waals surface area (Å²) >= 11 is 4.56. The number of aromatic nitrogens is 4. The second kappa shape index (κ2) is 14.6. The Bertz CT molecular complexity index is 1310. The van der Waals surface area contributed by atoms with E-state index in [4.69, 9.17) is 0 Å². The van der Waals surface area contributed by atoms with E-state index in [0.717, 1.165) is 41.6 Å². The second-order valence-corrected chi connectivity index (χ2v) is 9.59. The number of rotatable bonds is 7. The molecule has 4 aromatic heterocycles. The SMILES string of the molecule is Br.O=C(CBr)c1ccccn1.O=C(O)C1CCCN(c2ccc(Nc3nc(-c4ccccn4)cs3)nc2)C1. The largest absolute Gasteiger partial charge is 0.481 e. The molecule has 0 aliphatic carbocycles. The van der Waals surface area contributed by atoms with Gasteiger partial charge in [0.05, 0.1) is 28.8 Å². The molecule has 5 rings (SSSR count). The molecule has 0 amide bonds. The van der Waals surface area contributed by atoms with Gasteiger partial charge in [0.1, 0.15) is 17.2 Å². The van der Waals surface area contributed by atoms with Crippen molar-refractivity contribution in [2.24, 2.45) is 5.92 Å². The van der Waals surface area contributed by atoms with Gasteiger partial charge in [0, 0.05) is 30.9 Å². The van der Waals surface area contributed by atoms with Crippen LogP contribution in [0.2, 0.25) is 0 Å². The lowest BCUT2D eigenvalue weighted by Crippen LogP contribution is -2.38. The molecule has 1 fully saturated rings. The van der Waals surface area contributed by atoms with Crippen LogP contribution in [0.25, 0.3) is 11.4 Å². The minimum atomic E-state index is -0.724. The van der Waals surface area contributed by atoms with E-state index in [0.29, 0.717) is 23.4 Å². The van der Waals surface area contributed by atoms with Gasteiger partial charge in [-0.15, -0.1) is 28.3 Å². The highest BCUT2D eigenvalue weighted by molar-refractivity contribution is 9.09. The zero-order valence-electron chi connectivity index (χ0n) is 20.2. The normalized spacial score (nSPS) is 14.4. The third-order valence-corrected chi connectivity index (χ3v) is 6.89. The summed E-state index contributed by atoms with van der Waals surface area (Å²) in [7, 11) is 0. The zero-order valence-corrected chi connectivity index (χ0v) is 24.4. The van der Waals surface area contributed by atoms with Crippen LogP contribution in [-0.4, -0.2) is 55.2 Å². The summed E-state index contributed by atoms with van der Waals surface area (Å²) in [5.41, 5.74) is 3.12. The van der Waals surface area contributed by atoms with Crippen LogP contribution >= 0.6 is 44.2 Å². The fraction of sp³-hybridized carbons (Fsp3) is 0.231. The van der Waals surface area contributed by atoms with Gasteiger partial charge in [0.15, 0.2) is 10.9 Å². The van der Waals surface area contributed by atoms with Gasteiger partial charge in [0.25, 0.3) is 0 Å². The lowest BCUT2D eigenvalue weighted by Gasteiger charge is -2.32. The number of alkyl halides is 1. The molecule has 1 atom stereocenters. The van der Waals surface area contributed by atoms with Gasteiger partial charge in [-0.25, -0.2) is 9.97 Å². The van der Waals surface area contributed by atoms with Crippen molar-refractivity contribution >= 4 is 72.6 Å². The minimum absolute atomic E-state index is 0. The number of pyridine rings is 3. The Morgan fingerprint density at radius 2 is 1.84 bits per heavy atom. The maximum Gasteiger partial charge on any atom is 0.308 e. The van der Waals surface area contributed by atoms with Gasteiger partial charge in [-0.05, 0) is 49.2 Å². The number of carboxylic acid groups (broad SMARTS) is 1. The summed E-state index contributed by atoms with van der Waals surface area (Å²) < 4.78 is 0. The van der Waals surface area contributed by atoms with E-state index >= 15 is 0 Å². The average Bonchev–Trinajstić information content (AvgIpc) is 3.43. The molecule has 1 unspecified atom stereocenters. The number of halogens is 2. The van der Waals surface area contributed by atoms with Gasteiger partial charge < -0.3 is 15.3 Å². The van der Waals surface area contributed by atoms with Crippen molar-refractivity contribution in [2.75, 3.05) is 28.6 Å². The van der Waals surface area contributed by atoms with Gasteiger partial charge in [-0.2, -0.15) is 0 Å². The Balaban J connectivity index is 0.000000308. The Labute approximate surface area is 243 Å². The van der Waals surface area contributed by atoms with Gasteiger partial charge in [0.2, 0.25) is 0 Å². The van der Waals surface area contributed by atoms with Crippen molar-refractivity contribution in [3.8, 4) is 11.4 Å². The molecular weight excluding hydrogens is 636 g/mol. The Morgan fingerprint density at radius 3 is 2.47 bits per heavy atom. The molecule has 0 aromatic carbocycles. The predicted octanol–water partition coefficient (Wildman–Crippen LogP) is 5.88. The van der Waals surface area contributed by atoms with Crippen molar-refractivity contribution in [1.82, 2.24) is 19.9 Å². The first-order valence-corrected chi connectivity index (χ1v) is 13.6. The van der Waals surface area contributed by atoms with Gasteiger partial charge >= 0.3 is 5.97 Å². The number of ketones is 1. The number of thiazole rings is 1. The van der Waals surface area contributed by atoms with E-state index in [1.165, 1.54) is 11.3 Å². The molecule has 2 N–H and O–H groups in total. The zero-order chi connectivity index (χ0) is 26.0. The summed E-state index contributed by atoms with van der Waals surface area (Å²) in [5.74, 6) is -0.316. The number of nitrogens with zero attached hydrogens (tertiary/aromatic N) is 5. The molecule has 0 spiro atoms. The quantitative estimate of drug-likeness (QED) is 0.185. The lowest BCUT2D eigenvalue weighted by atomic mass is 9.98. The highest BCUT2D eigenvalue weighted by Crippen LogP contribution is 2.27. The average molecular weight is 662 g/mol. The van der Waals surface area contributed by atoms with E-state index < -0.39 is 5.97 Å². The van der Waals surface area contributed by atoms with Crippen LogP contribution in [0, 0.1) is 5.92 Å². The Kier molecular flexibility index (Phi) is 11.3. The fourth-order valence-corrected chi connectivity index (χ4v) is 4.73. The number of carboxylic acids is 1. The summed E-state index contributed by atoms with van der Waals surface area (Å²) in [4.78, 5) is 41.4. The number of nitrogens with one attached hydrogen (secondary N) is 1. The fourth-order valence-electron chi connectivity index (χ4n) is 3.73. The first-order valence-electron chi connectivity index (χ1n) is 11.6. The number of piperidine rings is 1. The van der Waals surface area contributed by atoms with E-state index in [2.05, 4.69) is 46.1 Å². The van der Waals surface area contributed by atoms with Crippen molar-refractivity contribution in [1.29, 1.82) is 0 Å². The van der Waals surface area contributed by atoms with E-state index in [-0.39, 0.29) is 28.7 Å². The maximum absolute atomic E-state index is 11.2. The molecule has 0 saturated carbocycles. The van der Waals surface area contributed by atoms with Gasteiger partial charge in [-0.1, -0.05) is 28.1 Å². The standard InChI is InChI=1S/C19H19N5O2S.C7H6BrNO.BrH/c25-18(26)13-4-3-9-24(11-13)14-6-7-17(21-10-14)23-19-22-16(12-27-19)15-5-1-2-8-20-15;8-5-7(10)6-3-1-2-4-9-6;/h1-2,5-8,10,12-13H,3-4,9,11H2,(H,25,26)(H,21,22,23);1-4H,5H2;1H. The number of carbonyl (C=O) groups excluding carboxylic acids is 1. The molecule has 5 heterocycles. The number of aliphatic carboxylic acids is 1. The molecule has 198 valence electrons. The van der Waals surface area contributed by atoms with Crippen LogP contribution in [-0.2, 0) is 4.79 Å². The lowest BCUT2D eigenvalue weighted by molar-refractivity contribution is -0.141. The number of carbonyl (C=O) groups is 2. The summed E-state index contributed by atoms with van der Waals surface area (Å²) in [6.07, 6.45) is 6.75. The van der Waals surface area contributed by atoms with Crippen molar-refractivity contribution < 1.29 is 14.7 Å². The van der Waals surface area contributed by atoms with Crippen molar-refractivity contribution in [2.45, 2.75) is 12.8 Å². The molecule has 9 nitrogen and oxygen atoms in total. The molecule has 12 heteroatoms. The third kappa shape index (κ3) is 8.14. The maximum atomic E-state index is 11.2. The van der Waals surface area contributed by atoms with Crippen molar-refractivity contribution in [3.05, 3.63) is 78.2 Å². The van der Waals surface area contributed by atoms with E-state index in [1.54, 1.807) is 36.8 Å². The van der Waals surface area contributed by atoms with Gasteiger partial charge in [-0.3, -0.25) is 19.6 Å². The second-order valence-electron chi connectivity index (χ2n) is 8.17. The molecular formula is C26H26Br2N6O3S. The van der Waals surface area contributed by atoms with Crippen LogP contribution < -0.4 is 10.2 Å². The van der Waals surface area contributed by atoms with Crippen LogP contribution in [0.15, 0.2) is 72.5 Å². The first kappa shape index (κ1) is 29.3. The Morgan fingerprint density at radius 1 is 1.05 bits per heavy atom. The number of anilines is 3. The number of hydrogen-bond donors (Lipinski definition) is 2. The Hall–Kier alpha value is -3.22. The molecule has 1 aliphatic heterocycles. The summed E-state index contributed by atoms with van der Waals surface area (Å²) in [6.45, 7) is 1.39. The van der Waals surface area contributed by atoms with Crippen LogP contribution in [0.5, 0.6) is 0 Å². The van der Waals surface area contributed by atoms with E-state index in [9.17, 15) is 14.7 Å². The highest BCUT2D eigenvalue weighted by Gasteiger charge is 2.25. The smallest absolute Gasteiger partial charge is 0.308 e. The third-order valence-electron chi connectivity index (χ3n) is 5.62.